The van der Waals surface area contributed by atoms with Crippen molar-refractivity contribution in [1.29, 1.82) is 0 Å². The summed E-state index contributed by atoms with van der Waals surface area (Å²) in [6.07, 6.45) is 3.77. The van der Waals surface area contributed by atoms with E-state index in [0.717, 1.165) is 57.5 Å². The Bertz CT molecular complexity index is 572. The summed E-state index contributed by atoms with van der Waals surface area (Å²) < 4.78 is 4.80. The summed E-state index contributed by atoms with van der Waals surface area (Å²) in [6.45, 7) is 3.06. The minimum Gasteiger partial charge on any atom is -0.453 e. The average molecular weight is 331 g/mol. The molecular formula is C18H25N3O3. The molecule has 6 nitrogen and oxygen atoms in total. The van der Waals surface area contributed by atoms with Gasteiger partial charge in [-0.15, -0.1) is 0 Å². The fourth-order valence-electron chi connectivity index (χ4n) is 3.70. The van der Waals surface area contributed by atoms with Gasteiger partial charge in [0, 0.05) is 31.9 Å². The van der Waals surface area contributed by atoms with Crippen LogP contribution in [0.4, 0.5) is 15.3 Å². The number of benzene rings is 1. The van der Waals surface area contributed by atoms with Crippen molar-refractivity contribution in [3.8, 4) is 0 Å². The van der Waals surface area contributed by atoms with Crippen LogP contribution in [0.5, 0.6) is 0 Å². The maximum absolute atomic E-state index is 12.4. The molecule has 0 unspecified atom stereocenters. The van der Waals surface area contributed by atoms with Gasteiger partial charge in [-0.3, -0.25) is 0 Å². The molecule has 0 radical (unpaired) electrons. The number of carbonyl (C=O) groups is 2. The van der Waals surface area contributed by atoms with Gasteiger partial charge < -0.3 is 19.9 Å². The first-order valence-electron chi connectivity index (χ1n) is 8.56. The number of piperidine rings is 2. The van der Waals surface area contributed by atoms with E-state index >= 15 is 0 Å². The first kappa shape index (κ1) is 16.6. The van der Waals surface area contributed by atoms with Crippen LogP contribution in [-0.2, 0) is 4.74 Å². The highest BCUT2D eigenvalue weighted by atomic mass is 16.5. The van der Waals surface area contributed by atoms with Gasteiger partial charge in [0.25, 0.3) is 0 Å². The fourth-order valence-corrected chi connectivity index (χ4v) is 3.70. The Hall–Kier alpha value is -2.24. The number of urea groups is 1. The highest BCUT2D eigenvalue weighted by Crippen LogP contribution is 2.41. The summed E-state index contributed by atoms with van der Waals surface area (Å²) in [4.78, 5) is 27.6. The zero-order valence-electron chi connectivity index (χ0n) is 14.2. The zero-order chi connectivity index (χ0) is 17.0. The van der Waals surface area contributed by atoms with Crippen LogP contribution in [0.1, 0.15) is 25.7 Å². The van der Waals surface area contributed by atoms with E-state index in [-0.39, 0.29) is 17.5 Å². The van der Waals surface area contributed by atoms with E-state index in [1.165, 1.54) is 7.11 Å². The maximum Gasteiger partial charge on any atom is 0.409 e. The van der Waals surface area contributed by atoms with Crippen LogP contribution < -0.4 is 5.32 Å². The number of hydrogen-bond acceptors (Lipinski definition) is 3. The van der Waals surface area contributed by atoms with E-state index in [2.05, 4.69) is 5.32 Å². The van der Waals surface area contributed by atoms with E-state index in [4.69, 9.17) is 4.74 Å². The first-order chi connectivity index (χ1) is 11.6. The number of likely N-dealkylation sites (tertiary alicyclic amines) is 2. The molecular weight excluding hydrogens is 306 g/mol. The number of ether oxygens (including phenoxy) is 1. The lowest BCUT2D eigenvalue weighted by Gasteiger charge is -2.46. The average Bonchev–Trinajstić information content (AvgIpc) is 2.63. The molecule has 6 heteroatoms. The monoisotopic (exact) mass is 331 g/mol. The molecule has 2 heterocycles. The number of para-hydroxylation sites is 1. The summed E-state index contributed by atoms with van der Waals surface area (Å²) in [7, 11) is 1.43. The number of methoxy groups -OCH3 is 1. The molecule has 3 rings (SSSR count). The van der Waals surface area contributed by atoms with E-state index in [9.17, 15) is 9.59 Å². The van der Waals surface area contributed by atoms with Crippen LogP contribution >= 0.6 is 0 Å². The largest absolute Gasteiger partial charge is 0.453 e. The van der Waals surface area contributed by atoms with Gasteiger partial charge in [-0.1, -0.05) is 18.2 Å². The molecule has 130 valence electrons. The number of rotatable bonds is 1. The van der Waals surface area contributed by atoms with Crippen LogP contribution in [0.15, 0.2) is 30.3 Å². The highest BCUT2D eigenvalue weighted by Gasteiger charge is 2.39. The van der Waals surface area contributed by atoms with E-state index < -0.39 is 0 Å². The summed E-state index contributed by atoms with van der Waals surface area (Å²) in [6, 6.07) is 9.52. The van der Waals surface area contributed by atoms with Gasteiger partial charge >= 0.3 is 12.1 Å². The summed E-state index contributed by atoms with van der Waals surface area (Å²) >= 11 is 0. The Balaban J connectivity index is 1.49. The van der Waals surface area contributed by atoms with Gasteiger partial charge in [-0.2, -0.15) is 0 Å². The summed E-state index contributed by atoms with van der Waals surface area (Å²) in [5, 5.41) is 2.95. The van der Waals surface area contributed by atoms with Crippen molar-refractivity contribution in [1.82, 2.24) is 9.80 Å². The van der Waals surface area contributed by atoms with Gasteiger partial charge in [0.05, 0.1) is 7.11 Å². The number of nitrogens with zero attached hydrogens (tertiary/aromatic N) is 2. The molecule has 2 saturated heterocycles. The third-order valence-corrected chi connectivity index (χ3v) is 5.39. The number of nitrogens with one attached hydrogen (secondary N) is 1. The van der Waals surface area contributed by atoms with Crippen LogP contribution in [0.25, 0.3) is 0 Å². The standard InChI is InChI=1S/C18H25N3O3/c1-24-17(23)21-13-9-18(10-14-21)7-11-20(12-8-18)16(22)19-15-5-3-2-4-6-15/h2-6H,7-14H2,1H3,(H,19,22). The molecule has 1 spiro atoms. The Labute approximate surface area is 142 Å². The number of carbonyl (C=O) groups excluding carboxylic acids is 2. The molecule has 1 aromatic rings. The third kappa shape index (κ3) is 3.63. The second-order valence-electron chi connectivity index (χ2n) is 6.74. The van der Waals surface area contributed by atoms with Gasteiger partial charge in [-0.05, 0) is 43.2 Å². The number of amides is 3. The first-order valence-corrected chi connectivity index (χ1v) is 8.56. The summed E-state index contributed by atoms with van der Waals surface area (Å²) in [5.41, 5.74) is 1.10. The Kier molecular flexibility index (Phi) is 4.92. The van der Waals surface area contributed by atoms with Gasteiger partial charge in [0.15, 0.2) is 0 Å². The lowest BCUT2D eigenvalue weighted by atomic mass is 9.71. The van der Waals surface area contributed by atoms with Crippen LogP contribution in [-0.4, -0.2) is 55.2 Å². The van der Waals surface area contributed by atoms with Crippen LogP contribution in [0.3, 0.4) is 0 Å². The molecule has 1 aromatic carbocycles. The predicted octanol–water partition coefficient (Wildman–Crippen LogP) is 3.16. The minimum absolute atomic E-state index is 0.0250. The molecule has 2 fully saturated rings. The molecule has 1 N–H and O–H groups in total. The van der Waals surface area contributed by atoms with Gasteiger partial charge in [0.2, 0.25) is 0 Å². The van der Waals surface area contributed by atoms with Crippen molar-refractivity contribution in [2.75, 3.05) is 38.6 Å². The fraction of sp³-hybridized carbons (Fsp3) is 0.556. The molecule has 0 atom stereocenters. The van der Waals surface area contributed by atoms with Gasteiger partial charge in [0.1, 0.15) is 0 Å². The second-order valence-corrected chi connectivity index (χ2v) is 6.74. The third-order valence-electron chi connectivity index (χ3n) is 5.39. The Morgan fingerprint density at radius 1 is 0.958 bits per heavy atom. The highest BCUT2D eigenvalue weighted by molar-refractivity contribution is 5.89. The normalized spacial score (nSPS) is 19.9. The SMILES string of the molecule is COC(=O)N1CCC2(CCN(C(=O)Nc3ccccc3)CC2)CC1. The second kappa shape index (κ2) is 7.11. The van der Waals surface area contributed by atoms with Crippen molar-refractivity contribution in [3.63, 3.8) is 0 Å². The molecule has 0 aliphatic carbocycles. The van der Waals surface area contributed by atoms with Crippen molar-refractivity contribution in [2.24, 2.45) is 5.41 Å². The molecule has 0 aromatic heterocycles. The lowest BCUT2D eigenvalue weighted by molar-refractivity contribution is 0.0425. The smallest absolute Gasteiger partial charge is 0.409 e. The Morgan fingerprint density at radius 3 is 2.04 bits per heavy atom. The van der Waals surface area contributed by atoms with E-state index in [1.54, 1.807) is 4.90 Å². The molecule has 24 heavy (non-hydrogen) atoms. The van der Waals surface area contributed by atoms with E-state index in [1.807, 2.05) is 35.2 Å². The molecule has 2 aliphatic heterocycles. The number of hydrogen-bond donors (Lipinski definition) is 1. The quantitative estimate of drug-likeness (QED) is 0.860. The zero-order valence-corrected chi connectivity index (χ0v) is 14.2. The topological polar surface area (TPSA) is 61.9 Å². The van der Waals surface area contributed by atoms with Crippen LogP contribution in [0, 0.1) is 5.41 Å². The maximum atomic E-state index is 12.4. The van der Waals surface area contributed by atoms with Gasteiger partial charge in [-0.25, -0.2) is 9.59 Å². The molecule has 3 amide bonds. The minimum atomic E-state index is -0.232. The van der Waals surface area contributed by atoms with Crippen molar-refractivity contribution < 1.29 is 14.3 Å². The predicted molar refractivity (Wildman–Crippen MR) is 91.9 cm³/mol. The van der Waals surface area contributed by atoms with Crippen molar-refractivity contribution in [3.05, 3.63) is 30.3 Å². The van der Waals surface area contributed by atoms with Crippen molar-refractivity contribution in [2.45, 2.75) is 25.7 Å². The summed E-state index contributed by atoms with van der Waals surface area (Å²) in [5.74, 6) is 0. The van der Waals surface area contributed by atoms with Crippen molar-refractivity contribution >= 4 is 17.8 Å². The van der Waals surface area contributed by atoms with Crippen LogP contribution in [0.2, 0.25) is 0 Å². The molecule has 0 bridgehead atoms. The Morgan fingerprint density at radius 2 is 1.50 bits per heavy atom. The lowest BCUT2D eigenvalue weighted by Crippen LogP contribution is -2.50. The molecule has 2 aliphatic rings. The van der Waals surface area contributed by atoms with E-state index in [0.29, 0.717) is 0 Å². The number of anilines is 1. The molecule has 0 saturated carbocycles.